The standard InChI is InChI=1S/2C19H12N.C18H13N2O2S.C15H10N.C14H9N2.C13H8NS.4C5H8O2.6Ir/c1-2-8-16-13-20-19(12-15(16)7-1)18-11-5-9-14-6-3-4-10-17(14)18;1-2-7-16-13-17(10-9-14(16)5-1)19-18-8-4-3-6-15(18)11-12-20-19;1-20(2)12-8-7-11-9-13(18(21)22-15(11)10-12)17-19-14-5-3-4-6-16(14)23-17;1-2-7-13(8-3-1)15-14-9-5-4-6-12(14)10-11-16-15;1-2-4-13-11(3-1)7-10-16-14(13)12-5-8-15-9-6-12;1-2-5-11-10(4-1)7-8-14-13(11)12-6-3-9-15-12;4*1-4(6)3-5(2)7;;;;;;/h1-10,12-13H;1-9,11-13H;3-8,10H,1-2H3;1-7,9-11H;1-5,7-10H;1-5,7-9H;4*3,6H,1-2H3;;;;;;/q6*-1;;;;;;;;;;. The van der Waals surface area contributed by atoms with Crippen molar-refractivity contribution in [1.82, 2.24) is 34.9 Å². The Hall–Kier alpha value is -13.3. The molecule has 9 heterocycles. The number of rotatable bonds is 11. The van der Waals surface area contributed by atoms with E-state index in [1.165, 1.54) is 156 Å². The molecular formula is C118H96Ir6N8O10S2-6. The van der Waals surface area contributed by atoms with Crippen LogP contribution < -0.4 is 10.5 Å². The smallest absolute Gasteiger partial charge is 0.269 e. The van der Waals surface area contributed by atoms with Crippen LogP contribution in [0.1, 0.15) is 55.4 Å². The Balaban J connectivity index is 0.000000250. The number of allylic oxidation sites excluding steroid dienone is 8. The average Bonchev–Trinajstić information content (AvgIpc) is 1.61. The van der Waals surface area contributed by atoms with Gasteiger partial charge in [-0.25, -0.2) is 11.3 Å². The van der Waals surface area contributed by atoms with E-state index in [2.05, 4.69) is 211 Å². The summed E-state index contributed by atoms with van der Waals surface area (Å²) >= 11 is 3.14. The van der Waals surface area contributed by atoms with Crippen LogP contribution in [-0.2, 0) is 140 Å². The zero-order valence-corrected chi connectivity index (χ0v) is 95.4. The molecule has 0 aliphatic heterocycles. The Morgan fingerprint density at radius 2 is 0.799 bits per heavy atom. The molecule has 0 unspecified atom stereocenters. The van der Waals surface area contributed by atoms with Crippen molar-refractivity contribution in [2.24, 2.45) is 0 Å². The zero-order valence-electron chi connectivity index (χ0n) is 79.4. The Labute approximate surface area is 925 Å². The van der Waals surface area contributed by atoms with Gasteiger partial charge < -0.3 is 54.7 Å². The van der Waals surface area contributed by atoms with Crippen LogP contribution in [0.25, 0.3) is 163 Å². The number of ketones is 4. The molecular weight excluding hydrogens is 2910 g/mol. The van der Waals surface area contributed by atoms with Crippen LogP contribution in [0.15, 0.2) is 409 Å². The second kappa shape index (κ2) is 61.0. The number of carbonyl (C=O) groups excluding carboxylic acids is 4. The summed E-state index contributed by atoms with van der Waals surface area (Å²) in [6.45, 7) is 11.4. The summed E-state index contributed by atoms with van der Waals surface area (Å²) in [7, 11) is 3.89. The van der Waals surface area contributed by atoms with E-state index in [1.807, 2.05) is 219 Å². The number of hydrogen-bond acceptors (Lipinski definition) is 20. The van der Waals surface area contributed by atoms with Crippen LogP contribution in [0, 0.1) is 36.4 Å². The fourth-order valence-corrected chi connectivity index (χ4v) is 15.8. The predicted molar refractivity (Wildman–Crippen MR) is 563 cm³/mol. The fourth-order valence-electron chi connectivity index (χ4n) is 14.1. The molecule has 0 aliphatic rings. The maximum absolute atomic E-state index is 12.3. The number of thiazole rings is 1. The van der Waals surface area contributed by atoms with Crippen molar-refractivity contribution in [3.05, 3.63) is 446 Å². The van der Waals surface area contributed by atoms with E-state index in [0.717, 1.165) is 87.7 Å². The third-order valence-corrected chi connectivity index (χ3v) is 21.9. The van der Waals surface area contributed by atoms with Crippen molar-refractivity contribution in [3.63, 3.8) is 0 Å². The first-order chi connectivity index (χ1) is 66.8. The molecule has 740 valence electrons. The number of anilines is 1. The Morgan fingerprint density at radius 1 is 0.368 bits per heavy atom. The number of fused-ring (bicyclic) bond motifs is 9. The third kappa shape index (κ3) is 35.6. The number of aliphatic hydroxyl groups excluding tert-OH is 4. The van der Waals surface area contributed by atoms with Gasteiger partial charge >= 0.3 is 0 Å². The van der Waals surface area contributed by atoms with E-state index in [0.29, 0.717) is 16.2 Å². The van der Waals surface area contributed by atoms with Gasteiger partial charge in [0.25, 0.3) is 5.63 Å². The molecule has 9 aromatic heterocycles. The van der Waals surface area contributed by atoms with Gasteiger partial charge in [-0.05, 0) is 198 Å². The largest absolute Gasteiger partial charge is 0.512 e. The van der Waals surface area contributed by atoms with Gasteiger partial charge in [0, 0.05) is 200 Å². The molecule has 6 radical (unpaired) electrons. The van der Waals surface area contributed by atoms with Crippen LogP contribution in [0.3, 0.4) is 0 Å². The second-order valence-corrected chi connectivity index (χ2v) is 33.2. The number of pyridine rings is 6. The van der Waals surface area contributed by atoms with E-state index >= 15 is 0 Å². The summed E-state index contributed by atoms with van der Waals surface area (Å²) in [6.07, 6.45) is 17.4. The second-order valence-electron chi connectivity index (χ2n) is 31.2. The van der Waals surface area contributed by atoms with Crippen LogP contribution in [0.4, 0.5) is 5.69 Å². The molecule has 0 saturated carbocycles. The molecule has 18 nitrogen and oxygen atoms in total. The average molecular weight is 3000 g/mol. The molecule has 4 N–H and O–H groups in total. The van der Waals surface area contributed by atoms with Crippen LogP contribution in [-0.4, -0.2) is 92.5 Å². The predicted octanol–water partition coefficient (Wildman–Crippen LogP) is 28.3. The first kappa shape index (κ1) is 119. The SMILES string of the molecule is CC(=O)C=C(C)O.CC(=O)C=C(C)O.CC(=O)C=C(C)O.CC(=O)C=C(C)O.CN(C)c1ccc2[c-]c(-c3nc4ccccc4s3)c(=O)oc2c1.[Ir].[Ir].[Ir].[Ir].[Ir].[Ir].[c-]1cc2ccccc2cc1-c1nccc2ccccc12.[c-]1ccc2ccccc2c1-c1cc2ccccc2cn1.[c-]1ccccc1-c1nccc2ccccc12.[c-]1ccsc1-c1nccc2ccccc12.[c-]1cnccc1-c1nccc2ccccc12. The zero-order chi connectivity index (χ0) is 97.8. The number of benzene rings is 12. The maximum Gasteiger partial charge on any atom is 0.269 e. The number of nitrogens with zero attached hydrogens (tertiary/aromatic N) is 8. The quantitative estimate of drug-likeness (QED) is 0.0405. The maximum atomic E-state index is 12.3. The van der Waals surface area contributed by atoms with Crippen LogP contribution in [0.2, 0.25) is 0 Å². The summed E-state index contributed by atoms with van der Waals surface area (Å²) < 4.78 is 6.53. The summed E-state index contributed by atoms with van der Waals surface area (Å²) in [6, 6.07) is 121. The van der Waals surface area contributed by atoms with Crippen molar-refractivity contribution in [3.8, 4) is 66.2 Å². The molecule has 0 amide bonds. The van der Waals surface area contributed by atoms with Gasteiger partial charge in [-0.15, -0.1) is 118 Å². The van der Waals surface area contributed by atoms with E-state index in [9.17, 15) is 24.0 Å². The topological polar surface area (TPSA) is 273 Å². The number of aromatic nitrogens is 7. The van der Waals surface area contributed by atoms with Gasteiger partial charge in [0.1, 0.15) is 0 Å². The van der Waals surface area contributed by atoms with Crippen LogP contribution in [0.5, 0.6) is 0 Å². The van der Waals surface area contributed by atoms with Crippen molar-refractivity contribution >= 4 is 148 Å². The van der Waals surface area contributed by atoms with Gasteiger partial charge in [0.05, 0.1) is 39.1 Å². The van der Waals surface area contributed by atoms with Gasteiger partial charge in [-0.1, -0.05) is 215 Å². The number of thiophene rings is 1. The Morgan fingerprint density at radius 3 is 1.25 bits per heavy atom. The minimum Gasteiger partial charge on any atom is -0.512 e. The molecule has 21 aromatic rings. The van der Waals surface area contributed by atoms with E-state index in [1.54, 1.807) is 23.7 Å². The molecule has 0 aliphatic carbocycles. The fraction of sp³-hybridized carbons (Fsp3) is 0.0847. The van der Waals surface area contributed by atoms with E-state index in [-0.39, 0.29) is 167 Å². The third-order valence-electron chi connectivity index (χ3n) is 20.1. The Bertz CT molecular complexity index is 7550. The van der Waals surface area contributed by atoms with Crippen molar-refractivity contribution in [1.29, 1.82) is 0 Å². The minimum absolute atomic E-state index is 0. The molecule has 26 heteroatoms. The monoisotopic (exact) mass is 3010 g/mol. The van der Waals surface area contributed by atoms with E-state index < -0.39 is 5.63 Å². The number of aliphatic hydroxyl groups is 4. The number of carbonyl (C=O) groups is 4. The van der Waals surface area contributed by atoms with Crippen molar-refractivity contribution < 1.29 is 165 Å². The minimum atomic E-state index is -0.410. The summed E-state index contributed by atoms with van der Waals surface area (Å²) in [5.74, 6) is -0.250. The summed E-state index contributed by atoms with van der Waals surface area (Å²) in [5.41, 5.74) is 11.4. The molecule has 0 atom stereocenters. The van der Waals surface area contributed by atoms with Crippen molar-refractivity contribution in [2.75, 3.05) is 19.0 Å². The van der Waals surface area contributed by atoms with E-state index in [4.69, 9.17) is 24.8 Å². The van der Waals surface area contributed by atoms with Gasteiger partial charge in [0.15, 0.2) is 23.1 Å². The summed E-state index contributed by atoms with van der Waals surface area (Å²) in [5, 5.41) is 53.6. The molecule has 21 rings (SSSR count). The number of hydrogen-bond donors (Lipinski definition) is 4. The van der Waals surface area contributed by atoms with Gasteiger partial charge in [0.2, 0.25) is 0 Å². The van der Waals surface area contributed by atoms with Crippen LogP contribution >= 0.6 is 22.7 Å². The normalized spacial score (nSPS) is 10.5. The first-order valence-corrected chi connectivity index (χ1v) is 45.3. The number of para-hydroxylation sites is 1. The molecule has 0 saturated heterocycles. The molecule has 0 bridgehead atoms. The molecule has 0 fully saturated rings. The molecule has 144 heavy (non-hydrogen) atoms. The van der Waals surface area contributed by atoms with Crippen molar-refractivity contribution in [2.45, 2.75) is 55.4 Å². The first-order valence-electron chi connectivity index (χ1n) is 43.6. The molecule has 0 spiro atoms. The Kier molecular flexibility index (Phi) is 50.6. The van der Waals surface area contributed by atoms with Gasteiger partial charge in [-0.3, -0.25) is 33.9 Å². The summed E-state index contributed by atoms with van der Waals surface area (Å²) in [4.78, 5) is 86.4. The van der Waals surface area contributed by atoms with Gasteiger partial charge in [-0.2, -0.15) is 35.1 Å². The molecule has 12 aromatic carbocycles.